The van der Waals surface area contributed by atoms with Gasteiger partial charge in [-0.25, -0.2) is 4.79 Å². The number of rotatable bonds is 3. The fourth-order valence-corrected chi connectivity index (χ4v) is 2.58. The number of hydrogen-bond donors (Lipinski definition) is 2. The molecule has 0 aromatic carbocycles. The van der Waals surface area contributed by atoms with E-state index in [9.17, 15) is 14.7 Å². The third kappa shape index (κ3) is 1.86. The zero-order valence-corrected chi connectivity index (χ0v) is 10.8. The summed E-state index contributed by atoms with van der Waals surface area (Å²) in [7, 11) is 0. The Morgan fingerprint density at radius 1 is 1.56 bits per heavy atom. The Kier molecular flexibility index (Phi) is 3.06. The fraction of sp³-hybridized carbons (Fsp3) is 0.667. The van der Waals surface area contributed by atoms with Crippen LogP contribution in [0.15, 0.2) is 15.7 Å². The van der Waals surface area contributed by atoms with Crippen molar-refractivity contribution in [2.24, 2.45) is 5.41 Å². The van der Waals surface area contributed by atoms with Crippen LogP contribution in [0, 0.1) is 5.41 Å². The predicted octanol–water partition coefficient (Wildman–Crippen LogP) is 0.618. The van der Waals surface area contributed by atoms with Crippen LogP contribution in [0.2, 0.25) is 0 Å². The largest absolute Gasteiger partial charge is 0.494 e. The van der Waals surface area contributed by atoms with Crippen molar-refractivity contribution in [3.8, 4) is 5.88 Å². The average Bonchev–Trinajstić information content (AvgIpc) is 2.25. The minimum atomic E-state index is -0.591. The first-order valence-corrected chi connectivity index (χ1v) is 6.04. The van der Waals surface area contributed by atoms with Crippen LogP contribution >= 0.6 is 0 Å². The first kappa shape index (κ1) is 12.9. The summed E-state index contributed by atoms with van der Waals surface area (Å²) in [5.74, 6) is -0.295. The Labute approximate surface area is 104 Å². The van der Waals surface area contributed by atoms with Crippen molar-refractivity contribution >= 4 is 0 Å². The van der Waals surface area contributed by atoms with Gasteiger partial charge in [0, 0.05) is 12.0 Å². The van der Waals surface area contributed by atoms with Crippen LogP contribution in [0.1, 0.15) is 33.2 Å². The molecule has 0 bridgehead atoms. The number of nitrogens with zero attached hydrogens (tertiary/aromatic N) is 1. The SMILES string of the molecule is CCOC1CC(n2c(O)cc(=O)[nH]c2=O)C1(C)C. The highest BCUT2D eigenvalue weighted by atomic mass is 16.5. The molecule has 0 aliphatic heterocycles. The van der Waals surface area contributed by atoms with Crippen molar-refractivity contribution in [2.75, 3.05) is 6.61 Å². The molecule has 0 spiro atoms. The minimum absolute atomic E-state index is 0.0609. The summed E-state index contributed by atoms with van der Waals surface area (Å²) in [6.45, 7) is 6.51. The summed E-state index contributed by atoms with van der Waals surface area (Å²) in [5, 5.41) is 9.76. The summed E-state index contributed by atoms with van der Waals surface area (Å²) < 4.78 is 6.81. The van der Waals surface area contributed by atoms with Gasteiger partial charge in [-0.15, -0.1) is 0 Å². The Hall–Kier alpha value is -1.56. The van der Waals surface area contributed by atoms with Crippen LogP contribution in [-0.2, 0) is 4.74 Å². The van der Waals surface area contributed by atoms with Crippen molar-refractivity contribution in [1.82, 2.24) is 9.55 Å². The van der Waals surface area contributed by atoms with Crippen LogP contribution in [0.25, 0.3) is 0 Å². The number of aromatic amines is 1. The average molecular weight is 254 g/mol. The highest BCUT2D eigenvalue weighted by Gasteiger charge is 2.51. The zero-order valence-electron chi connectivity index (χ0n) is 10.8. The number of H-pyrrole nitrogens is 1. The third-order valence-electron chi connectivity index (χ3n) is 3.76. The predicted molar refractivity (Wildman–Crippen MR) is 65.8 cm³/mol. The molecule has 100 valence electrons. The molecule has 2 N–H and O–H groups in total. The molecule has 6 heteroatoms. The molecule has 18 heavy (non-hydrogen) atoms. The van der Waals surface area contributed by atoms with E-state index in [1.165, 1.54) is 4.57 Å². The van der Waals surface area contributed by atoms with Crippen molar-refractivity contribution in [1.29, 1.82) is 0 Å². The molecule has 1 saturated carbocycles. The highest BCUT2D eigenvalue weighted by Crippen LogP contribution is 2.51. The quantitative estimate of drug-likeness (QED) is 0.828. The maximum atomic E-state index is 11.8. The summed E-state index contributed by atoms with van der Waals surface area (Å²) in [4.78, 5) is 25.0. The molecule has 1 aromatic rings. The van der Waals surface area contributed by atoms with E-state index < -0.39 is 11.2 Å². The van der Waals surface area contributed by atoms with Crippen LogP contribution in [0.3, 0.4) is 0 Å². The molecule has 2 rings (SSSR count). The summed E-state index contributed by atoms with van der Waals surface area (Å²) in [6, 6.07) is 0.851. The molecule has 0 saturated heterocycles. The number of hydrogen-bond acceptors (Lipinski definition) is 4. The lowest BCUT2D eigenvalue weighted by molar-refractivity contribution is -0.130. The van der Waals surface area contributed by atoms with Crippen molar-refractivity contribution < 1.29 is 9.84 Å². The Morgan fingerprint density at radius 2 is 2.22 bits per heavy atom. The first-order chi connectivity index (χ1) is 8.37. The lowest BCUT2D eigenvalue weighted by atomic mass is 9.64. The molecule has 1 aliphatic carbocycles. The molecule has 0 radical (unpaired) electrons. The van der Waals surface area contributed by atoms with Crippen LogP contribution < -0.4 is 11.2 Å². The van der Waals surface area contributed by atoms with Crippen LogP contribution in [0.5, 0.6) is 5.88 Å². The summed E-state index contributed by atoms with van der Waals surface area (Å²) in [6.07, 6.45) is 0.714. The second-order valence-electron chi connectivity index (χ2n) is 5.18. The zero-order chi connectivity index (χ0) is 13.5. The van der Waals surface area contributed by atoms with E-state index in [1.807, 2.05) is 20.8 Å². The second-order valence-corrected chi connectivity index (χ2v) is 5.18. The number of aromatic nitrogens is 2. The highest BCUT2D eigenvalue weighted by molar-refractivity contribution is 5.13. The van der Waals surface area contributed by atoms with E-state index in [2.05, 4.69) is 4.98 Å². The summed E-state index contributed by atoms with van der Waals surface area (Å²) in [5.41, 5.74) is -1.42. The molecule has 1 aliphatic rings. The van der Waals surface area contributed by atoms with E-state index in [0.717, 1.165) is 6.07 Å². The van der Waals surface area contributed by atoms with E-state index in [1.54, 1.807) is 0 Å². The van der Waals surface area contributed by atoms with E-state index in [-0.39, 0.29) is 23.4 Å². The fourth-order valence-electron chi connectivity index (χ4n) is 2.58. The van der Waals surface area contributed by atoms with Gasteiger partial charge in [0.25, 0.3) is 5.56 Å². The van der Waals surface area contributed by atoms with Gasteiger partial charge in [0.05, 0.1) is 18.2 Å². The maximum absolute atomic E-state index is 11.8. The standard InChI is InChI=1S/C12H18N2O4/c1-4-18-8-5-7(12(8,2)3)14-10(16)6-9(15)13-11(14)17/h6-8,16H,4-5H2,1-3H3,(H,13,15,17). The lowest BCUT2D eigenvalue weighted by Crippen LogP contribution is -2.54. The molecule has 1 fully saturated rings. The third-order valence-corrected chi connectivity index (χ3v) is 3.76. The van der Waals surface area contributed by atoms with Crippen LogP contribution in [0.4, 0.5) is 0 Å². The van der Waals surface area contributed by atoms with Gasteiger partial charge in [-0.1, -0.05) is 13.8 Å². The molecule has 0 amide bonds. The molecule has 1 heterocycles. The second kappa shape index (κ2) is 4.28. The monoisotopic (exact) mass is 254 g/mol. The van der Waals surface area contributed by atoms with Gasteiger partial charge in [-0.05, 0) is 13.3 Å². The van der Waals surface area contributed by atoms with Gasteiger partial charge in [0.1, 0.15) is 0 Å². The maximum Gasteiger partial charge on any atom is 0.331 e. The molecule has 1 aromatic heterocycles. The van der Waals surface area contributed by atoms with Gasteiger partial charge >= 0.3 is 5.69 Å². The van der Waals surface area contributed by atoms with E-state index >= 15 is 0 Å². The van der Waals surface area contributed by atoms with E-state index in [0.29, 0.717) is 13.0 Å². The van der Waals surface area contributed by atoms with Crippen molar-refractivity contribution in [3.05, 3.63) is 26.9 Å². The Bertz CT molecular complexity index is 558. The molecule has 2 unspecified atom stereocenters. The number of aromatic hydroxyl groups is 1. The molecular formula is C12H18N2O4. The Morgan fingerprint density at radius 3 is 2.72 bits per heavy atom. The minimum Gasteiger partial charge on any atom is -0.494 e. The van der Waals surface area contributed by atoms with Crippen molar-refractivity contribution in [2.45, 2.75) is 39.3 Å². The lowest BCUT2D eigenvalue weighted by Gasteiger charge is -2.51. The normalized spacial score (nSPS) is 25.7. The van der Waals surface area contributed by atoms with Gasteiger partial charge in [-0.3, -0.25) is 14.3 Å². The van der Waals surface area contributed by atoms with Gasteiger partial charge in [0.15, 0.2) is 0 Å². The number of ether oxygens (including phenoxy) is 1. The molecule has 6 nitrogen and oxygen atoms in total. The smallest absolute Gasteiger partial charge is 0.331 e. The van der Waals surface area contributed by atoms with Gasteiger partial charge in [0.2, 0.25) is 5.88 Å². The van der Waals surface area contributed by atoms with Gasteiger partial charge in [-0.2, -0.15) is 0 Å². The first-order valence-electron chi connectivity index (χ1n) is 6.04. The number of nitrogens with one attached hydrogen (secondary N) is 1. The topological polar surface area (TPSA) is 84.3 Å². The van der Waals surface area contributed by atoms with Gasteiger partial charge < -0.3 is 9.84 Å². The molecule has 2 atom stereocenters. The van der Waals surface area contributed by atoms with E-state index in [4.69, 9.17) is 4.74 Å². The summed E-state index contributed by atoms with van der Waals surface area (Å²) >= 11 is 0. The Balaban J connectivity index is 2.36. The van der Waals surface area contributed by atoms with Crippen LogP contribution in [-0.4, -0.2) is 27.4 Å². The molecular weight excluding hydrogens is 236 g/mol. The van der Waals surface area contributed by atoms with Crippen molar-refractivity contribution in [3.63, 3.8) is 0 Å².